The molecule has 0 unspecified atom stereocenters. The van der Waals surface area contributed by atoms with Crippen molar-refractivity contribution in [1.82, 2.24) is 25.1 Å². The van der Waals surface area contributed by atoms with Crippen LogP contribution in [-0.2, 0) is 9.53 Å². The Labute approximate surface area is 140 Å². The number of rotatable bonds is 3. The van der Waals surface area contributed by atoms with E-state index >= 15 is 0 Å². The number of likely N-dealkylation sites (tertiary alicyclic amines) is 1. The third-order valence-corrected chi connectivity index (χ3v) is 5.15. The van der Waals surface area contributed by atoms with Gasteiger partial charge in [0.05, 0.1) is 18.2 Å². The summed E-state index contributed by atoms with van der Waals surface area (Å²) >= 11 is 0. The Morgan fingerprint density at radius 3 is 2.83 bits per heavy atom. The van der Waals surface area contributed by atoms with Crippen molar-refractivity contribution < 1.29 is 9.53 Å². The van der Waals surface area contributed by atoms with Crippen LogP contribution in [0.4, 0.5) is 0 Å². The topological polar surface area (TPSA) is 84.0 Å². The fourth-order valence-electron chi connectivity index (χ4n) is 3.76. The van der Waals surface area contributed by atoms with Crippen LogP contribution in [0.15, 0.2) is 12.4 Å². The molecule has 1 atom stereocenters. The number of hydrogen-bond acceptors (Lipinski definition) is 5. The van der Waals surface area contributed by atoms with Crippen molar-refractivity contribution in [3.05, 3.63) is 18.1 Å². The maximum absolute atomic E-state index is 12.5. The molecule has 2 saturated heterocycles. The molecule has 0 radical (unpaired) electrons. The van der Waals surface area contributed by atoms with Crippen LogP contribution in [0.1, 0.15) is 50.1 Å². The molecule has 0 aromatic carbocycles. The summed E-state index contributed by atoms with van der Waals surface area (Å²) in [6.07, 6.45) is 9.19. The van der Waals surface area contributed by atoms with E-state index in [2.05, 4.69) is 20.2 Å². The van der Waals surface area contributed by atoms with Gasteiger partial charge in [-0.25, -0.2) is 9.97 Å². The Balaban J connectivity index is 1.35. The first-order valence-electron chi connectivity index (χ1n) is 8.85. The lowest BCUT2D eigenvalue weighted by Crippen LogP contribution is -2.40. The van der Waals surface area contributed by atoms with E-state index in [9.17, 15) is 4.79 Å². The van der Waals surface area contributed by atoms with Crippen molar-refractivity contribution in [2.75, 3.05) is 19.7 Å². The minimum atomic E-state index is 0.121. The van der Waals surface area contributed by atoms with Crippen molar-refractivity contribution in [2.45, 2.75) is 50.5 Å². The van der Waals surface area contributed by atoms with Crippen LogP contribution in [0.25, 0.3) is 11.2 Å². The molecule has 7 nitrogen and oxygen atoms in total. The highest BCUT2D eigenvalue weighted by atomic mass is 16.5. The van der Waals surface area contributed by atoms with Crippen molar-refractivity contribution in [2.24, 2.45) is 0 Å². The van der Waals surface area contributed by atoms with Crippen molar-refractivity contribution in [3.63, 3.8) is 0 Å². The van der Waals surface area contributed by atoms with Gasteiger partial charge in [0, 0.05) is 38.0 Å². The Hall–Kier alpha value is -2.02. The maximum Gasteiger partial charge on any atom is 0.225 e. The van der Waals surface area contributed by atoms with Crippen LogP contribution in [0.2, 0.25) is 0 Å². The summed E-state index contributed by atoms with van der Waals surface area (Å²) in [5.74, 6) is 0.594. The Morgan fingerprint density at radius 2 is 2.04 bits per heavy atom. The number of carbonyl (C=O) groups is 1. The predicted octanol–water partition coefficient (Wildman–Crippen LogP) is 2.02. The van der Waals surface area contributed by atoms with E-state index in [0.29, 0.717) is 18.0 Å². The van der Waals surface area contributed by atoms with Gasteiger partial charge in [0.1, 0.15) is 5.52 Å². The first-order valence-corrected chi connectivity index (χ1v) is 8.85. The van der Waals surface area contributed by atoms with Gasteiger partial charge >= 0.3 is 0 Å². The summed E-state index contributed by atoms with van der Waals surface area (Å²) in [6.45, 7) is 2.38. The van der Waals surface area contributed by atoms with Crippen LogP contribution in [0, 0.1) is 0 Å². The second-order valence-corrected chi connectivity index (χ2v) is 6.71. The summed E-state index contributed by atoms with van der Waals surface area (Å²) in [5, 5.41) is 7.32. The smallest absolute Gasteiger partial charge is 0.225 e. The molecule has 0 saturated carbocycles. The second-order valence-electron chi connectivity index (χ2n) is 6.71. The second kappa shape index (κ2) is 6.84. The number of fused-ring (bicyclic) bond motifs is 1. The average Bonchev–Trinajstić information content (AvgIpc) is 3.07. The number of aromatic amines is 1. The third kappa shape index (κ3) is 3.13. The molecule has 0 spiro atoms. The van der Waals surface area contributed by atoms with E-state index in [1.54, 1.807) is 12.4 Å². The number of carbonyl (C=O) groups excluding carboxylic acids is 1. The normalized spacial score (nSPS) is 22.8. The molecule has 4 rings (SSSR count). The summed E-state index contributed by atoms with van der Waals surface area (Å²) in [7, 11) is 0. The standard InChI is InChI=1S/C17H23N5O2/c23-14(11-13-3-1-2-10-24-13)22-8-4-12(5-9-22)15-16-17(21-20-15)19-7-6-18-16/h6-7,12-13H,1-5,8-11H2,(H,19,20,21)/t13-/m0/s1. The fraction of sp³-hybridized carbons (Fsp3) is 0.647. The SMILES string of the molecule is O=C(C[C@@H]1CCCCO1)N1CCC(c2[nH]nc3nccnc23)CC1. The number of nitrogens with one attached hydrogen (secondary N) is 1. The molecule has 4 heterocycles. The number of piperidine rings is 1. The van der Waals surface area contributed by atoms with Gasteiger partial charge in [0.25, 0.3) is 0 Å². The zero-order chi connectivity index (χ0) is 16.4. The first-order chi connectivity index (χ1) is 11.8. The molecule has 2 aromatic rings. The Bertz CT molecular complexity index is 702. The van der Waals surface area contributed by atoms with Crippen LogP contribution >= 0.6 is 0 Å². The van der Waals surface area contributed by atoms with Gasteiger partial charge < -0.3 is 9.64 Å². The largest absolute Gasteiger partial charge is 0.378 e. The van der Waals surface area contributed by atoms with E-state index in [1.165, 1.54) is 6.42 Å². The molecule has 2 aliphatic heterocycles. The number of hydrogen-bond donors (Lipinski definition) is 1. The van der Waals surface area contributed by atoms with Crippen LogP contribution in [0.3, 0.4) is 0 Å². The van der Waals surface area contributed by atoms with Crippen LogP contribution in [-0.4, -0.2) is 56.8 Å². The lowest BCUT2D eigenvalue weighted by atomic mass is 9.92. The maximum atomic E-state index is 12.5. The molecular formula is C17H23N5O2. The summed E-state index contributed by atoms with van der Waals surface area (Å²) < 4.78 is 5.69. The minimum Gasteiger partial charge on any atom is -0.378 e. The zero-order valence-electron chi connectivity index (χ0n) is 13.8. The monoisotopic (exact) mass is 329 g/mol. The van der Waals surface area contributed by atoms with Gasteiger partial charge in [-0.3, -0.25) is 9.89 Å². The van der Waals surface area contributed by atoms with E-state index in [0.717, 1.165) is 56.6 Å². The van der Waals surface area contributed by atoms with E-state index < -0.39 is 0 Å². The quantitative estimate of drug-likeness (QED) is 0.931. The van der Waals surface area contributed by atoms with Crippen molar-refractivity contribution >= 4 is 17.1 Å². The molecule has 0 aliphatic carbocycles. The predicted molar refractivity (Wildman–Crippen MR) is 88.4 cm³/mol. The summed E-state index contributed by atoms with van der Waals surface area (Å²) in [5.41, 5.74) is 2.58. The van der Waals surface area contributed by atoms with Crippen molar-refractivity contribution in [3.8, 4) is 0 Å². The number of nitrogens with zero attached hydrogens (tertiary/aromatic N) is 4. The number of H-pyrrole nitrogens is 1. The number of ether oxygens (including phenoxy) is 1. The molecule has 2 fully saturated rings. The Kier molecular flexibility index (Phi) is 4.42. The van der Waals surface area contributed by atoms with Crippen LogP contribution in [0.5, 0.6) is 0 Å². The molecule has 128 valence electrons. The summed E-state index contributed by atoms with van der Waals surface area (Å²) in [4.78, 5) is 23.1. The third-order valence-electron chi connectivity index (χ3n) is 5.15. The van der Waals surface area contributed by atoms with E-state index in [-0.39, 0.29) is 12.0 Å². The van der Waals surface area contributed by atoms with E-state index in [4.69, 9.17) is 4.74 Å². The zero-order valence-corrected chi connectivity index (χ0v) is 13.8. The average molecular weight is 329 g/mol. The van der Waals surface area contributed by atoms with Crippen LogP contribution < -0.4 is 0 Å². The summed E-state index contributed by atoms with van der Waals surface area (Å²) in [6, 6.07) is 0. The number of amides is 1. The molecule has 24 heavy (non-hydrogen) atoms. The highest BCUT2D eigenvalue weighted by molar-refractivity contribution is 5.77. The molecule has 1 amide bonds. The molecule has 7 heteroatoms. The van der Waals surface area contributed by atoms with Gasteiger partial charge in [-0.05, 0) is 32.1 Å². The molecular weight excluding hydrogens is 306 g/mol. The van der Waals surface area contributed by atoms with Gasteiger partial charge in [0.15, 0.2) is 5.65 Å². The number of aromatic nitrogens is 4. The van der Waals surface area contributed by atoms with Gasteiger partial charge in [-0.2, -0.15) is 5.10 Å². The molecule has 0 bridgehead atoms. The lowest BCUT2D eigenvalue weighted by molar-refractivity contribution is -0.136. The first kappa shape index (κ1) is 15.5. The van der Waals surface area contributed by atoms with Crippen molar-refractivity contribution in [1.29, 1.82) is 0 Å². The Morgan fingerprint density at radius 1 is 1.21 bits per heavy atom. The highest BCUT2D eigenvalue weighted by Gasteiger charge is 2.28. The minimum absolute atomic E-state index is 0.121. The van der Waals surface area contributed by atoms with Gasteiger partial charge in [-0.15, -0.1) is 0 Å². The fourth-order valence-corrected chi connectivity index (χ4v) is 3.76. The van der Waals surface area contributed by atoms with Gasteiger partial charge in [0.2, 0.25) is 5.91 Å². The van der Waals surface area contributed by atoms with E-state index in [1.807, 2.05) is 4.90 Å². The molecule has 1 N–H and O–H groups in total. The lowest BCUT2D eigenvalue weighted by Gasteiger charge is -2.33. The highest BCUT2D eigenvalue weighted by Crippen LogP contribution is 2.30. The molecule has 2 aromatic heterocycles. The molecule has 2 aliphatic rings. The van der Waals surface area contributed by atoms with Gasteiger partial charge in [-0.1, -0.05) is 0 Å².